The Bertz CT molecular complexity index is 672. The summed E-state index contributed by atoms with van der Waals surface area (Å²) in [6.07, 6.45) is 6.21. The molecule has 3 rings (SSSR count). The van der Waals surface area contributed by atoms with Crippen molar-refractivity contribution in [3.63, 3.8) is 0 Å². The van der Waals surface area contributed by atoms with E-state index < -0.39 is 6.03 Å². The molecule has 22 heavy (non-hydrogen) atoms. The maximum atomic E-state index is 11.8. The van der Waals surface area contributed by atoms with Crippen LogP contribution in [0, 0.1) is 0 Å². The standard InChI is InChI=1S/C15H15N5O2/c21-14-4-2-8-20(14)12-5-6-13(17-10-12)19-15(22)18-11-3-1-7-16-9-11/h1,3,5-7,9-10H,2,4,8H2,(H2,17,18,19,22). The molecular weight excluding hydrogens is 282 g/mol. The van der Waals surface area contributed by atoms with Crippen LogP contribution in [0.15, 0.2) is 42.9 Å². The van der Waals surface area contributed by atoms with Gasteiger partial charge in [0.15, 0.2) is 0 Å². The molecule has 0 spiro atoms. The average Bonchev–Trinajstić information content (AvgIpc) is 2.95. The summed E-state index contributed by atoms with van der Waals surface area (Å²) in [6.45, 7) is 0.717. The molecule has 0 bridgehead atoms. The molecule has 2 aromatic rings. The maximum absolute atomic E-state index is 11.8. The molecule has 0 atom stereocenters. The van der Waals surface area contributed by atoms with Crippen molar-refractivity contribution in [1.29, 1.82) is 0 Å². The van der Waals surface area contributed by atoms with Crippen LogP contribution < -0.4 is 15.5 Å². The molecule has 7 heteroatoms. The van der Waals surface area contributed by atoms with Gasteiger partial charge < -0.3 is 10.2 Å². The highest BCUT2D eigenvalue weighted by Gasteiger charge is 2.21. The van der Waals surface area contributed by atoms with Gasteiger partial charge in [-0.2, -0.15) is 0 Å². The Hall–Kier alpha value is -2.96. The lowest BCUT2D eigenvalue weighted by Crippen LogP contribution is -2.24. The SMILES string of the molecule is O=C(Nc1cccnc1)Nc1ccc(N2CCCC2=O)cn1. The molecule has 0 aromatic carbocycles. The van der Waals surface area contributed by atoms with E-state index in [-0.39, 0.29) is 5.91 Å². The van der Waals surface area contributed by atoms with Gasteiger partial charge >= 0.3 is 6.03 Å². The van der Waals surface area contributed by atoms with Crippen LogP contribution in [0.5, 0.6) is 0 Å². The number of amides is 3. The third kappa shape index (κ3) is 3.20. The number of hydrogen-bond donors (Lipinski definition) is 2. The van der Waals surface area contributed by atoms with Crippen LogP contribution in [0.25, 0.3) is 0 Å². The van der Waals surface area contributed by atoms with Gasteiger partial charge in [0, 0.05) is 19.2 Å². The predicted octanol–water partition coefficient (Wildman–Crippen LogP) is 2.25. The summed E-state index contributed by atoms with van der Waals surface area (Å²) in [7, 11) is 0. The summed E-state index contributed by atoms with van der Waals surface area (Å²) >= 11 is 0. The molecule has 0 saturated carbocycles. The number of urea groups is 1. The van der Waals surface area contributed by atoms with Gasteiger partial charge in [0.2, 0.25) is 5.91 Å². The topological polar surface area (TPSA) is 87.2 Å². The Labute approximate surface area is 127 Å². The van der Waals surface area contributed by atoms with Crippen molar-refractivity contribution in [2.45, 2.75) is 12.8 Å². The molecule has 1 fully saturated rings. The summed E-state index contributed by atoms with van der Waals surface area (Å²) in [5.41, 5.74) is 1.35. The number of anilines is 3. The molecule has 0 radical (unpaired) electrons. The second kappa shape index (κ2) is 6.21. The average molecular weight is 297 g/mol. The third-order valence-electron chi connectivity index (χ3n) is 3.29. The molecule has 7 nitrogen and oxygen atoms in total. The predicted molar refractivity (Wildman–Crippen MR) is 82.7 cm³/mol. The van der Waals surface area contributed by atoms with Crippen LogP contribution in [0.2, 0.25) is 0 Å². The van der Waals surface area contributed by atoms with Crippen molar-refractivity contribution in [3.8, 4) is 0 Å². The summed E-state index contributed by atoms with van der Waals surface area (Å²) < 4.78 is 0. The number of pyridine rings is 2. The van der Waals surface area contributed by atoms with E-state index in [1.807, 2.05) is 0 Å². The number of hydrogen-bond acceptors (Lipinski definition) is 4. The van der Waals surface area contributed by atoms with Gasteiger partial charge in [-0.3, -0.25) is 15.1 Å². The second-order valence-electron chi connectivity index (χ2n) is 4.87. The fourth-order valence-corrected chi connectivity index (χ4v) is 2.26. The molecule has 0 unspecified atom stereocenters. The van der Waals surface area contributed by atoms with Gasteiger partial charge in [0.25, 0.3) is 0 Å². The number of aromatic nitrogens is 2. The van der Waals surface area contributed by atoms with Crippen LogP contribution in [0.4, 0.5) is 22.0 Å². The summed E-state index contributed by atoms with van der Waals surface area (Å²) in [6, 6.07) is 6.52. The van der Waals surface area contributed by atoms with E-state index >= 15 is 0 Å². The third-order valence-corrected chi connectivity index (χ3v) is 3.29. The second-order valence-corrected chi connectivity index (χ2v) is 4.87. The Balaban J connectivity index is 1.61. The number of carbonyl (C=O) groups excluding carboxylic acids is 2. The van der Waals surface area contributed by atoms with E-state index in [0.29, 0.717) is 17.9 Å². The van der Waals surface area contributed by atoms with E-state index in [1.54, 1.807) is 47.8 Å². The number of nitrogens with zero attached hydrogens (tertiary/aromatic N) is 3. The highest BCUT2D eigenvalue weighted by atomic mass is 16.2. The minimum atomic E-state index is -0.398. The zero-order valence-corrected chi connectivity index (χ0v) is 11.8. The first-order chi connectivity index (χ1) is 10.7. The molecule has 2 N–H and O–H groups in total. The lowest BCUT2D eigenvalue weighted by molar-refractivity contribution is -0.117. The Morgan fingerprint density at radius 1 is 1.18 bits per heavy atom. The Kier molecular flexibility index (Phi) is 3.95. The minimum Gasteiger partial charge on any atom is -0.311 e. The van der Waals surface area contributed by atoms with E-state index in [0.717, 1.165) is 18.7 Å². The van der Waals surface area contributed by atoms with Crippen molar-refractivity contribution in [3.05, 3.63) is 42.9 Å². The number of nitrogens with one attached hydrogen (secondary N) is 2. The molecule has 2 aromatic heterocycles. The molecule has 1 aliphatic heterocycles. The monoisotopic (exact) mass is 297 g/mol. The fourth-order valence-electron chi connectivity index (χ4n) is 2.26. The van der Waals surface area contributed by atoms with Gasteiger partial charge in [0.1, 0.15) is 5.82 Å². The lowest BCUT2D eigenvalue weighted by atomic mass is 10.3. The van der Waals surface area contributed by atoms with Crippen LogP contribution in [0.1, 0.15) is 12.8 Å². The Morgan fingerprint density at radius 3 is 2.73 bits per heavy atom. The zero-order valence-electron chi connectivity index (χ0n) is 11.8. The molecule has 1 saturated heterocycles. The molecule has 3 heterocycles. The fraction of sp³-hybridized carbons (Fsp3) is 0.200. The normalized spacial score (nSPS) is 14.0. The molecular formula is C15H15N5O2. The molecule has 112 valence electrons. The smallest absolute Gasteiger partial charge is 0.311 e. The summed E-state index contributed by atoms with van der Waals surface area (Å²) in [5, 5.41) is 5.28. The molecule has 3 amide bonds. The first kappa shape index (κ1) is 14.0. The van der Waals surface area contributed by atoms with Crippen molar-refractivity contribution >= 4 is 29.1 Å². The Morgan fingerprint density at radius 2 is 2.09 bits per heavy atom. The van der Waals surface area contributed by atoms with Crippen LogP contribution in [0.3, 0.4) is 0 Å². The van der Waals surface area contributed by atoms with E-state index in [1.165, 1.54) is 0 Å². The van der Waals surface area contributed by atoms with Gasteiger partial charge in [-0.25, -0.2) is 9.78 Å². The van der Waals surface area contributed by atoms with Gasteiger partial charge in [-0.1, -0.05) is 0 Å². The van der Waals surface area contributed by atoms with Crippen molar-refractivity contribution < 1.29 is 9.59 Å². The highest BCUT2D eigenvalue weighted by Crippen LogP contribution is 2.21. The zero-order chi connectivity index (χ0) is 15.4. The summed E-state index contributed by atoms with van der Waals surface area (Å²) in [4.78, 5) is 33.2. The number of carbonyl (C=O) groups is 2. The van der Waals surface area contributed by atoms with Crippen molar-refractivity contribution in [2.24, 2.45) is 0 Å². The summed E-state index contributed by atoms with van der Waals surface area (Å²) in [5.74, 6) is 0.522. The minimum absolute atomic E-state index is 0.108. The van der Waals surface area contributed by atoms with Gasteiger partial charge in [-0.15, -0.1) is 0 Å². The van der Waals surface area contributed by atoms with Crippen molar-refractivity contribution in [2.75, 3.05) is 22.1 Å². The van der Waals surface area contributed by atoms with Crippen LogP contribution in [-0.2, 0) is 4.79 Å². The maximum Gasteiger partial charge on any atom is 0.324 e. The van der Waals surface area contributed by atoms with E-state index in [4.69, 9.17) is 0 Å². The van der Waals surface area contributed by atoms with Gasteiger partial charge in [0.05, 0.1) is 23.8 Å². The highest BCUT2D eigenvalue weighted by molar-refractivity contribution is 5.99. The van der Waals surface area contributed by atoms with Gasteiger partial charge in [-0.05, 0) is 30.7 Å². The molecule has 0 aliphatic carbocycles. The first-order valence-electron chi connectivity index (χ1n) is 6.97. The number of rotatable bonds is 3. The molecule has 1 aliphatic rings. The van der Waals surface area contributed by atoms with Crippen molar-refractivity contribution in [1.82, 2.24) is 9.97 Å². The lowest BCUT2D eigenvalue weighted by Gasteiger charge is -2.15. The quantitative estimate of drug-likeness (QED) is 0.909. The van der Waals surface area contributed by atoms with E-state index in [2.05, 4.69) is 20.6 Å². The first-order valence-corrected chi connectivity index (χ1v) is 6.97. The van der Waals surface area contributed by atoms with Crippen LogP contribution >= 0.6 is 0 Å². The van der Waals surface area contributed by atoms with E-state index in [9.17, 15) is 9.59 Å². The largest absolute Gasteiger partial charge is 0.324 e. The van der Waals surface area contributed by atoms with Crippen LogP contribution in [-0.4, -0.2) is 28.5 Å².